The van der Waals surface area contributed by atoms with E-state index in [2.05, 4.69) is 19.1 Å². The van der Waals surface area contributed by atoms with Gasteiger partial charge in [-0.05, 0) is 31.4 Å². The fourth-order valence-corrected chi connectivity index (χ4v) is 3.02. The number of amides is 1. The van der Waals surface area contributed by atoms with Crippen LogP contribution in [0.3, 0.4) is 0 Å². The van der Waals surface area contributed by atoms with E-state index in [0.29, 0.717) is 13.1 Å². The second-order valence-electron chi connectivity index (χ2n) is 8.51. The molecule has 0 aliphatic carbocycles. The number of halogens is 6. The van der Waals surface area contributed by atoms with Crippen molar-refractivity contribution < 1.29 is 50.9 Å². The Hall–Kier alpha value is -2.87. The number of hydrogen-bond donors (Lipinski definition) is 4. The molecule has 8 nitrogen and oxygen atoms in total. The average molecular weight is 576 g/mol. The predicted octanol–water partition coefficient (Wildman–Crippen LogP) is 5.10. The van der Waals surface area contributed by atoms with E-state index in [9.17, 15) is 31.1 Å². The Morgan fingerprint density at radius 3 is 1.72 bits per heavy atom. The molecule has 6 N–H and O–H groups in total. The lowest BCUT2D eigenvalue weighted by atomic mass is 10.1. The lowest BCUT2D eigenvalue weighted by Gasteiger charge is -2.26. The number of carboxylic acids is 2. The Kier molecular flexibility index (Phi) is 20.6. The van der Waals surface area contributed by atoms with Crippen LogP contribution in [0, 0.1) is 0 Å². The molecule has 0 saturated heterocycles. The third-order valence-corrected chi connectivity index (χ3v) is 5.08. The summed E-state index contributed by atoms with van der Waals surface area (Å²) in [7, 11) is 0. The SMILES string of the molecule is CCCCCCCCN(Cc1ccccc1)C(=O)[C@@H](N)CCCCN.O=C(O)C(F)(F)F.O=C(O)C(F)(F)F. The van der Waals surface area contributed by atoms with Crippen molar-refractivity contribution in [1.82, 2.24) is 4.90 Å². The molecular weight excluding hydrogens is 536 g/mol. The first-order chi connectivity index (χ1) is 18.1. The van der Waals surface area contributed by atoms with Crippen LogP contribution < -0.4 is 11.5 Å². The standard InChI is InChI=1S/C21H37N3O.2C2HF3O2/c1-2-3-4-5-6-12-17-24(18-19-13-8-7-9-14-19)21(25)20(23)15-10-11-16-22;2*3-2(4,5)1(6)7/h7-9,13-14,20H,2-6,10-12,15-18,22-23H2,1H3;2*(H,6,7)/t20-;;/m0../s1. The number of benzene rings is 1. The molecule has 1 amide bonds. The van der Waals surface area contributed by atoms with Gasteiger partial charge in [0.1, 0.15) is 0 Å². The molecule has 14 heteroatoms. The third kappa shape index (κ3) is 21.7. The lowest BCUT2D eigenvalue weighted by molar-refractivity contribution is -0.193. The van der Waals surface area contributed by atoms with Crippen LogP contribution in [0.15, 0.2) is 30.3 Å². The molecule has 226 valence electrons. The molecule has 0 unspecified atom stereocenters. The third-order valence-electron chi connectivity index (χ3n) is 5.08. The van der Waals surface area contributed by atoms with E-state index >= 15 is 0 Å². The summed E-state index contributed by atoms with van der Waals surface area (Å²) in [6.07, 6.45) is -0.256. The summed E-state index contributed by atoms with van der Waals surface area (Å²) < 4.78 is 63.5. The van der Waals surface area contributed by atoms with Gasteiger partial charge >= 0.3 is 24.3 Å². The van der Waals surface area contributed by atoms with Crippen LogP contribution in [0.1, 0.15) is 70.3 Å². The first kappa shape index (κ1) is 38.3. The monoisotopic (exact) mass is 575 g/mol. The second kappa shape index (κ2) is 21.0. The summed E-state index contributed by atoms with van der Waals surface area (Å²) in [5.41, 5.74) is 12.8. The molecule has 0 saturated carbocycles. The van der Waals surface area contributed by atoms with Crippen LogP contribution in [-0.2, 0) is 20.9 Å². The summed E-state index contributed by atoms with van der Waals surface area (Å²) in [6, 6.07) is 9.77. The minimum Gasteiger partial charge on any atom is -0.475 e. The summed E-state index contributed by atoms with van der Waals surface area (Å²) in [6.45, 7) is 4.34. The van der Waals surface area contributed by atoms with E-state index in [1.165, 1.54) is 32.1 Å². The van der Waals surface area contributed by atoms with Gasteiger partial charge in [0.05, 0.1) is 6.04 Å². The highest BCUT2D eigenvalue weighted by Gasteiger charge is 2.38. The first-order valence-corrected chi connectivity index (χ1v) is 12.5. The Balaban J connectivity index is 0. The maximum absolute atomic E-state index is 12.8. The first-order valence-electron chi connectivity index (χ1n) is 12.5. The Morgan fingerprint density at radius 1 is 0.821 bits per heavy atom. The van der Waals surface area contributed by atoms with E-state index in [0.717, 1.165) is 37.8 Å². The molecule has 1 atom stereocenters. The molecule has 0 aliphatic rings. The fourth-order valence-electron chi connectivity index (χ4n) is 3.02. The van der Waals surface area contributed by atoms with Gasteiger partial charge in [-0.2, -0.15) is 26.3 Å². The zero-order chi connectivity index (χ0) is 30.5. The number of nitrogens with two attached hydrogens (primary N) is 2. The lowest BCUT2D eigenvalue weighted by Crippen LogP contribution is -2.43. The van der Waals surface area contributed by atoms with E-state index in [-0.39, 0.29) is 5.91 Å². The topological polar surface area (TPSA) is 147 Å². The van der Waals surface area contributed by atoms with E-state index in [1.807, 2.05) is 23.1 Å². The van der Waals surface area contributed by atoms with Gasteiger partial charge in [-0.3, -0.25) is 4.79 Å². The summed E-state index contributed by atoms with van der Waals surface area (Å²) in [5.74, 6) is -5.44. The minimum atomic E-state index is -5.08. The van der Waals surface area contributed by atoms with Crippen molar-refractivity contribution in [2.45, 2.75) is 89.7 Å². The van der Waals surface area contributed by atoms with Gasteiger partial charge in [0.25, 0.3) is 0 Å². The van der Waals surface area contributed by atoms with E-state index < -0.39 is 30.3 Å². The number of hydrogen-bond acceptors (Lipinski definition) is 5. The number of aliphatic carboxylic acids is 2. The number of carbonyl (C=O) groups excluding carboxylic acids is 1. The summed E-state index contributed by atoms with van der Waals surface area (Å²) >= 11 is 0. The zero-order valence-corrected chi connectivity index (χ0v) is 21.9. The molecule has 1 rings (SSSR count). The van der Waals surface area contributed by atoms with Gasteiger partial charge in [0.2, 0.25) is 5.91 Å². The van der Waals surface area contributed by atoms with Gasteiger partial charge < -0.3 is 26.6 Å². The molecule has 39 heavy (non-hydrogen) atoms. The summed E-state index contributed by atoms with van der Waals surface area (Å²) in [5, 5.41) is 14.2. The highest BCUT2D eigenvalue weighted by Crippen LogP contribution is 2.14. The second-order valence-corrected chi connectivity index (χ2v) is 8.51. The van der Waals surface area contributed by atoms with Gasteiger partial charge in [-0.1, -0.05) is 75.8 Å². The molecule has 1 aromatic carbocycles. The smallest absolute Gasteiger partial charge is 0.475 e. The Morgan fingerprint density at radius 2 is 1.28 bits per heavy atom. The molecule has 0 bridgehead atoms. The quantitative estimate of drug-likeness (QED) is 0.178. The molecule has 0 heterocycles. The van der Waals surface area contributed by atoms with Crippen LogP contribution in [-0.4, -0.2) is 64.4 Å². The highest BCUT2D eigenvalue weighted by atomic mass is 19.4. The van der Waals surface area contributed by atoms with Crippen molar-refractivity contribution >= 4 is 17.8 Å². The largest absolute Gasteiger partial charge is 0.490 e. The Bertz CT molecular complexity index is 784. The van der Waals surface area contributed by atoms with Crippen molar-refractivity contribution in [3.63, 3.8) is 0 Å². The molecule has 0 aromatic heterocycles. The zero-order valence-electron chi connectivity index (χ0n) is 21.9. The number of carbonyl (C=O) groups is 3. The number of rotatable bonds is 14. The van der Waals surface area contributed by atoms with Crippen LogP contribution in [0.5, 0.6) is 0 Å². The molecule has 0 spiro atoms. The van der Waals surface area contributed by atoms with Gasteiger partial charge in [-0.25, -0.2) is 9.59 Å². The van der Waals surface area contributed by atoms with Crippen LogP contribution >= 0.6 is 0 Å². The van der Waals surface area contributed by atoms with Crippen LogP contribution in [0.25, 0.3) is 0 Å². The molecule has 1 aromatic rings. The number of unbranched alkanes of at least 4 members (excludes halogenated alkanes) is 6. The maximum atomic E-state index is 12.8. The van der Waals surface area contributed by atoms with Crippen molar-refractivity contribution in [3.8, 4) is 0 Å². The molecular formula is C25H39F6N3O5. The van der Waals surface area contributed by atoms with Crippen LogP contribution in [0.4, 0.5) is 26.3 Å². The van der Waals surface area contributed by atoms with Crippen LogP contribution in [0.2, 0.25) is 0 Å². The summed E-state index contributed by atoms with van der Waals surface area (Å²) in [4.78, 5) is 32.5. The van der Waals surface area contributed by atoms with Gasteiger partial charge in [0, 0.05) is 13.1 Å². The van der Waals surface area contributed by atoms with E-state index in [4.69, 9.17) is 31.3 Å². The molecule has 0 radical (unpaired) electrons. The van der Waals surface area contributed by atoms with Crippen molar-refractivity contribution in [3.05, 3.63) is 35.9 Å². The van der Waals surface area contributed by atoms with Crippen molar-refractivity contribution in [1.29, 1.82) is 0 Å². The highest BCUT2D eigenvalue weighted by molar-refractivity contribution is 5.81. The normalized spacial score (nSPS) is 11.8. The Labute approximate surface area is 224 Å². The minimum absolute atomic E-state index is 0.0782. The number of nitrogens with zero attached hydrogens (tertiary/aromatic N) is 1. The number of carboxylic acid groups (broad SMARTS) is 2. The van der Waals surface area contributed by atoms with E-state index in [1.54, 1.807) is 0 Å². The van der Waals surface area contributed by atoms with Gasteiger partial charge in [-0.15, -0.1) is 0 Å². The van der Waals surface area contributed by atoms with Gasteiger partial charge in [0.15, 0.2) is 0 Å². The van der Waals surface area contributed by atoms with Crippen molar-refractivity contribution in [2.24, 2.45) is 11.5 Å². The maximum Gasteiger partial charge on any atom is 0.490 e. The molecule has 0 fully saturated rings. The fraction of sp³-hybridized carbons (Fsp3) is 0.640. The molecule has 0 aliphatic heterocycles. The van der Waals surface area contributed by atoms with Crippen molar-refractivity contribution in [2.75, 3.05) is 13.1 Å². The average Bonchev–Trinajstić information content (AvgIpc) is 2.85. The predicted molar refractivity (Wildman–Crippen MR) is 133 cm³/mol. The number of alkyl halides is 6.